The minimum absolute atomic E-state index is 0.0514. The Bertz CT molecular complexity index is 306. The molecule has 2 heteroatoms. The van der Waals surface area contributed by atoms with Crippen molar-refractivity contribution in [3.63, 3.8) is 0 Å². The van der Waals surface area contributed by atoms with Crippen molar-refractivity contribution in [3.05, 3.63) is 35.9 Å². The number of hydrogen-bond acceptors (Lipinski definition) is 2. The molecule has 1 aromatic rings. The fraction of sp³-hybridized carbons (Fsp3) is 0.462. The molecule has 1 aromatic carbocycles. The van der Waals surface area contributed by atoms with E-state index in [1.807, 2.05) is 30.3 Å². The molecule has 82 valence electrons. The number of carbonyl (C=O) groups excluding carboxylic acids is 1. The maximum Gasteiger partial charge on any atom is 0.135 e. The van der Waals surface area contributed by atoms with Crippen LogP contribution in [0.3, 0.4) is 0 Å². The molecule has 0 heterocycles. The van der Waals surface area contributed by atoms with Crippen LogP contribution in [0.2, 0.25) is 0 Å². The fourth-order valence-corrected chi connectivity index (χ4v) is 1.48. The maximum atomic E-state index is 11.0. The number of carbonyl (C=O) groups is 1. The van der Waals surface area contributed by atoms with E-state index in [0.717, 1.165) is 6.42 Å². The Morgan fingerprint density at radius 1 is 1.33 bits per heavy atom. The highest BCUT2D eigenvalue weighted by Crippen LogP contribution is 2.12. The maximum absolute atomic E-state index is 11.0. The van der Waals surface area contributed by atoms with Gasteiger partial charge in [-0.05, 0) is 25.3 Å². The zero-order valence-electron chi connectivity index (χ0n) is 9.31. The molecule has 2 nitrogen and oxygen atoms in total. The molecule has 0 fully saturated rings. The number of benzene rings is 1. The topological polar surface area (TPSA) is 37.3 Å². The quantitative estimate of drug-likeness (QED) is 0.802. The summed E-state index contributed by atoms with van der Waals surface area (Å²) in [7, 11) is 0. The van der Waals surface area contributed by atoms with Gasteiger partial charge in [-0.3, -0.25) is 4.79 Å². The second-order valence-corrected chi connectivity index (χ2v) is 3.99. The van der Waals surface area contributed by atoms with E-state index >= 15 is 0 Å². The van der Waals surface area contributed by atoms with E-state index in [1.54, 1.807) is 6.92 Å². The van der Waals surface area contributed by atoms with Crippen molar-refractivity contribution in [1.29, 1.82) is 0 Å². The second kappa shape index (κ2) is 5.66. The Morgan fingerprint density at radius 2 is 1.93 bits per heavy atom. The van der Waals surface area contributed by atoms with Crippen molar-refractivity contribution < 1.29 is 9.90 Å². The molecule has 0 radical (unpaired) electrons. The molecular weight excluding hydrogens is 188 g/mol. The van der Waals surface area contributed by atoms with Crippen LogP contribution in [0.25, 0.3) is 0 Å². The molecule has 0 spiro atoms. The summed E-state index contributed by atoms with van der Waals surface area (Å²) in [6.07, 6.45) is 0.937. The average molecular weight is 206 g/mol. The van der Waals surface area contributed by atoms with E-state index < -0.39 is 6.10 Å². The lowest BCUT2D eigenvalue weighted by Gasteiger charge is -2.15. The molecule has 0 unspecified atom stereocenters. The Labute approximate surface area is 90.9 Å². The molecule has 0 amide bonds. The highest BCUT2D eigenvalue weighted by atomic mass is 16.3. The highest BCUT2D eigenvalue weighted by Gasteiger charge is 2.17. The van der Waals surface area contributed by atoms with Gasteiger partial charge < -0.3 is 5.11 Å². The third-order valence-corrected chi connectivity index (χ3v) is 2.79. The van der Waals surface area contributed by atoms with Crippen LogP contribution >= 0.6 is 0 Å². The lowest BCUT2D eigenvalue weighted by atomic mass is 9.95. The van der Waals surface area contributed by atoms with Crippen LogP contribution < -0.4 is 0 Å². The van der Waals surface area contributed by atoms with E-state index in [-0.39, 0.29) is 11.7 Å². The molecule has 0 aliphatic rings. The largest absolute Gasteiger partial charge is 0.392 e. The normalized spacial score (nSPS) is 14.6. The molecule has 0 saturated carbocycles. The van der Waals surface area contributed by atoms with E-state index in [9.17, 15) is 9.90 Å². The van der Waals surface area contributed by atoms with Gasteiger partial charge in [0.05, 0.1) is 6.10 Å². The summed E-state index contributed by atoms with van der Waals surface area (Å²) in [5.74, 6) is -0.204. The van der Waals surface area contributed by atoms with Gasteiger partial charge >= 0.3 is 0 Å². The second-order valence-electron chi connectivity index (χ2n) is 3.99. The Balaban J connectivity index is 2.41. The molecule has 2 atom stereocenters. The first-order valence-electron chi connectivity index (χ1n) is 5.33. The van der Waals surface area contributed by atoms with Crippen LogP contribution in [-0.2, 0) is 11.2 Å². The first-order valence-corrected chi connectivity index (χ1v) is 5.33. The molecule has 0 bridgehead atoms. The number of ketones is 1. The number of aryl methyl sites for hydroxylation is 1. The third-order valence-electron chi connectivity index (χ3n) is 2.79. The first-order chi connectivity index (χ1) is 7.11. The Morgan fingerprint density at radius 3 is 2.47 bits per heavy atom. The number of aliphatic hydroxyl groups is 1. The van der Waals surface area contributed by atoms with Crippen molar-refractivity contribution in [1.82, 2.24) is 0 Å². The molecular formula is C13H18O2. The summed E-state index contributed by atoms with van der Waals surface area (Å²) in [6, 6.07) is 10.0. The third kappa shape index (κ3) is 3.84. The molecule has 0 aliphatic carbocycles. The standard InChI is InChI=1S/C13H18O2/c1-10(11(2)14)13(15)9-8-12-6-4-3-5-7-12/h3-7,10,13,15H,8-9H2,1-2H3/t10-,13+/m1/s1. The van der Waals surface area contributed by atoms with Crippen LogP contribution in [0, 0.1) is 5.92 Å². The molecule has 1 rings (SSSR count). The number of hydrogen-bond donors (Lipinski definition) is 1. The van der Waals surface area contributed by atoms with E-state index in [4.69, 9.17) is 0 Å². The highest BCUT2D eigenvalue weighted by molar-refractivity contribution is 5.78. The zero-order valence-corrected chi connectivity index (χ0v) is 9.31. The van der Waals surface area contributed by atoms with Gasteiger partial charge in [-0.25, -0.2) is 0 Å². The van der Waals surface area contributed by atoms with Gasteiger partial charge in [0.1, 0.15) is 5.78 Å². The first kappa shape index (κ1) is 11.9. The lowest BCUT2D eigenvalue weighted by molar-refractivity contribution is -0.123. The molecule has 1 N–H and O–H groups in total. The summed E-state index contributed by atoms with van der Waals surface area (Å²) in [5, 5.41) is 9.73. The Hall–Kier alpha value is -1.15. The van der Waals surface area contributed by atoms with Crippen molar-refractivity contribution in [3.8, 4) is 0 Å². The summed E-state index contributed by atoms with van der Waals surface area (Å²) < 4.78 is 0. The van der Waals surface area contributed by atoms with Gasteiger partial charge in [0.2, 0.25) is 0 Å². The smallest absolute Gasteiger partial charge is 0.135 e. The average Bonchev–Trinajstić information content (AvgIpc) is 2.26. The van der Waals surface area contributed by atoms with Gasteiger partial charge in [-0.15, -0.1) is 0 Å². The molecule has 0 saturated heterocycles. The predicted molar refractivity (Wildman–Crippen MR) is 60.6 cm³/mol. The monoisotopic (exact) mass is 206 g/mol. The number of aliphatic hydroxyl groups excluding tert-OH is 1. The van der Waals surface area contributed by atoms with Crippen molar-refractivity contribution >= 4 is 5.78 Å². The lowest BCUT2D eigenvalue weighted by Crippen LogP contribution is -2.24. The Kier molecular flexibility index (Phi) is 4.50. The van der Waals surface area contributed by atoms with Crippen LogP contribution in [0.1, 0.15) is 25.8 Å². The van der Waals surface area contributed by atoms with Crippen molar-refractivity contribution in [2.24, 2.45) is 5.92 Å². The zero-order chi connectivity index (χ0) is 11.3. The molecule has 0 aromatic heterocycles. The predicted octanol–water partition coefficient (Wildman–Crippen LogP) is 2.21. The summed E-state index contributed by atoms with van der Waals surface area (Å²) >= 11 is 0. The SMILES string of the molecule is CC(=O)[C@@H](C)[C@@H](O)CCc1ccccc1. The van der Waals surface area contributed by atoms with Gasteiger partial charge in [0.15, 0.2) is 0 Å². The van der Waals surface area contributed by atoms with Crippen LogP contribution in [-0.4, -0.2) is 17.0 Å². The van der Waals surface area contributed by atoms with E-state index in [0.29, 0.717) is 6.42 Å². The van der Waals surface area contributed by atoms with Crippen LogP contribution in [0.5, 0.6) is 0 Å². The minimum atomic E-state index is -0.525. The van der Waals surface area contributed by atoms with Gasteiger partial charge in [0.25, 0.3) is 0 Å². The fourth-order valence-electron chi connectivity index (χ4n) is 1.48. The minimum Gasteiger partial charge on any atom is -0.392 e. The van der Waals surface area contributed by atoms with Crippen molar-refractivity contribution in [2.75, 3.05) is 0 Å². The number of Topliss-reactive ketones (excluding diaryl/α,β-unsaturated/α-hetero) is 1. The van der Waals surface area contributed by atoms with Gasteiger partial charge in [-0.1, -0.05) is 37.3 Å². The van der Waals surface area contributed by atoms with E-state index in [1.165, 1.54) is 12.5 Å². The molecule has 0 aliphatic heterocycles. The van der Waals surface area contributed by atoms with Gasteiger partial charge in [-0.2, -0.15) is 0 Å². The van der Waals surface area contributed by atoms with Crippen LogP contribution in [0.15, 0.2) is 30.3 Å². The number of rotatable bonds is 5. The van der Waals surface area contributed by atoms with E-state index in [2.05, 4.69) is 0 Å². The van der Waals surface area contributed by atoms with Crippen LogP contribution in [0.4, 0.5) is 0 Å². The summed E-state index contributed by atoms with van der Waals surface area (Å²) in [6.45, 7) is 3.30. The summed E-state index contributed by atoms with van der Waals surface area (Å²) in [5.41, 5.74) is 1.20. The van der Waals surface area contributed by atoms with Crippen molar-refractivity contribution in [2.45, 2.75) is 32.8 Å². The summed E-state index contributed by atoms with van der Waals surface area (Å²) in [4.78, 5) is 11.0. The van der Waals surface area contributed by atoms with Gasteiger partial charge in [0, 0.05) is 5.92 Å². The molecule has 15 heavy (non-hydrogen) atoms.